The maximum atomic E-state index is 14.4. The van der Waals surface area contributed by atoms with Crippen LogP contribution in [-0.4, -0.2) is 27.1 Å². The molecule has 1 saturated carbocycles. The van der Waals surface area contributed by atoms with E-state index in [-0.39, 0.29) is 6.54 Å². The first kappa shape index (κ1) is 19.5. The summed E-state index contributed by atoms with van der Waals surface area (Å²) in [5.74, 6) is -1.27. The molecule has 4 nitrogen and oxygen atoms in total. The van der Waals surface area contributed by atoms with Gasteiger partial charge in [-0.3, -0.25) is 4.79 Å². The summed E-state index contributed by atoms with van der Waals surface area (Å²) >= 11 is 0. The van der Waals surface area contributed by atoms with Gasteiger partial charge in [-0.1, -0.05) is 30.7 Å². The summed E-state index contributed by atoms with van der Waals surface area (Å²) < 4.78 is 41.6. The quantitative estimate of drug-likeness (QED) is 0.697. The summed E-state index contributed by atoms with van der Waals surface area (Å²) in [5.41, 5.74) is 1.84. The van der Waals surface area contributed by atoms with E-state index < -0.39 is 29.5 Å². The molecule has 7 heteroatoms. The van der Waals surface area contributed by atoms with E-state index in [0.717, 1.165) is 24.0 Å². The molecule has 2 aromatic rings. The molecule has 1 aromatic heterocycles. The Morgan fingerprint density at radius 1 is 1.37 bits per heavy atom. The number of alkyl halides is 2. The van der Waals surface area contributed by atoms with Gasteiger partial charge in [0, 0.05) is 20.1 Å². The van der Waals surface area contributed by atoms with Gasteiger partial charge in [0.15, 0.2) is 0 Å². The third-order valence-electron chi connectivity index (χ3n) is 4.88. The van der Waals surface area contributed by atoms with Crippen LogP contribution in [0.3, 0.4) is 0 Å². The zero-order valence-corrected chi connectivity index (χ0v) is 15.8. The van der Waals surface area contributed by atoms with Crippen molar-refractivity contribution >= 4 is 5.91 Å². The summed E-state index contributed by atoms with van der Waals surface area (Å²) in [6.07, 6.45) is -0.138. The van der Waals surface area contributed by atoms with Gasteiger partial charge in [-0.25, -0.2) is 13.5 Å². The SMILES string of the molecule is CCCN(Cc1cc(C)ccc1C1CC1)C(=O)c1c(C(F)F)nn(C)c1F. The average Bonchev–Trinajstić information content (AvgIpc) is 3.40. The van der Waals surface area contributed by atoms with Crippen LogP contribution in [0, 0.1) is 12.9 Å². The van der Waals surface area contributed by atoms with Crippen LogP contribution in [-0.2, 0) is 13.6 Å². The average molecular weight is 379 g/mol. The molecule has 0 aliphatic heterocycles. The Morgan fingerprint density at radius 2 is 2.07 bits per heavy atom. The number of halogens is 3. The molecule has 1 amide bonds. The predicted octanol–water partition coefficient (Wildman–Crippen LogP) is 4.74. The van der Waals surface area contributed by atoms with Crippen molar-refractivity contribution in [2.45, 2.75) is 52.0 Å². The molecular formula is C20H24F3N3O. The molecule has 1 aliphatic carbocycles. The lowest BCUT2D eigenvalue weighted by molar-refractivity contribution is 0.0725. The Morgan fingerprint density at radius 3 is 2.67 bits per heavy atom. The second-order valence-electron chi connectivity index (χ2n) is 7.18. The van der Waals surface area contributed by atoms with Crippen LogP contribution in [0.1, 0.15) is 71.3 Å². The lowest BCUT2D eigenvalue weighted by Gasteiger charge is -2.24. The predicted molar refractivity (Wildman–Crippen MR) is 96.3 cm³/mol. The van der Waals surface area contributed by atoms with Gasteiger partial charge < -0.3 is 4.90 Å². The molecule has 146 valence electrons. The number of hydrogen-bond donors (Lipinski definition) is 0. The molecule has 1 aromatic carbocycles. The molecule has 0 N–H and O–H groups in total. The van der Waals surface area contributed by atoms with Crippen LogP contribution < -0.4 is 0 Å². The molecule has 0 bridgehead atoms. The largest absolute Gasteiger partial charge is 0.334 e. The summed E-state index contributed by atoms with van der Waals surface area (Å²) in [7, 11) is 1.22. The van der Waals surface area contributed by atoms with Crippen LogP contribution in [0.25, 0.3) is 0 Å². The third-order valence-corrected chi connectivity index (χ3v) is 4.88. The number of nitrogens with zero attached hydrogens (tertiary/aromatic N) is 3. The molecule has 0 saturated heterocycles. The van der Waals surface area contributed by atoms with E-state index >= 15 is 0 Å². The molecule has 0 spiro atoms. The highest BCUT2D eigenvalue weighted by atomic mass is 19.3. The smallest absolute Gasteiger partial charge is 0.283 e. The Bertz CT molecular complexity index is 843. The number of carbonyl (C=O) groups is 1. The number of aryl methyl sites for hydroxylation is 2. The number of aromatic nitrogens is 2. The van der Waals surface area contributed by atoms with E-state index in [1.165, 1.54) is 17.5 Å². The number of rotatable bonds is 7. The minimum absolute atomic E-state index is 0.275. The Balaban J connectivity index is 1.95. The van der Waals surface area contributed by atoms with E-state index in [1.807, 2.05) is 26.0 Å². The summed E-state index contributed by atoms with van der Waals surface area (Å²) in [4.78, 5) is 14.4. The van der Waals surface area contributed by atoms with E-state index in [4.69, 9.17) is 0 Å². The zero-order valence-electron chi connectivity index (χ0n) is 15.8. The minimum atomic E-state index is -3.01. The van der Waals surface area contributed by atoms with Crippen molar-refractivity contribution in [3.63, 3.8) is 0 Å². The van der Waals surface area contributed by atoms with Gasteiger partial charge in [0.1, 0.15) is 11.3 Å². The monoisotopic (exact) mass is 379 g/mol. The van der Waals surface area contributed by atoms with Gasteiger partial charge in [0.25, 0.3) is 12.3 Å². The van der Waals surface area contributed by atoms with Crippen LogP contribution in [0.4, 0.5) is 13.2 Å². The second kappa shape index (κ2) is 7.74. The summed E-state index contributed by atoms with van der Waals surface area (Å²) in [6, 6.07) is 6.14. The van der Waals surface area contributed by atoms with Crippen LogP contribution in [0.5, 0.6) is 0 Å². The van der Waals surface area contributed by atoms with Gasteiger partial charge in [-0.15, -0.1) is 0 Å². The maximum Gasteiger partial charge on any atom is 0.283 e. The van der Waals surface area contributed by atoms with E-state index in [0.29, 0.717) is 23.6 Å². The lowest BCUT2D eigenvalue weighted by Crippen LogP contribution is -2.33. The van der Waals surface area contributed by atoms with Crippen molar-refractivity contribution < 1.29 is 18.0 Å². The number of carbonyl (C=O) groups excluding carboxylic acids is 1. The Labute approximate surface area is 157 Å². The normalized spacial score (nSPS) is 14.0. The van der Waals surface area contributed by atoms with E-state index in [2.05, 4.69) is 11.2 Å². The fourth-order valence-corrected chi connectivity index (χ4v) is 3.42. The minimum Gasteiger partial charge on any atom is -0.334 e. The van der Waals surface area contributed by atoms with Gasteiger partial charge in [0.2, 0.25) is 5.95 Å². The fraction of sp³-hybridized carbons (Fsp3) is 0.500. The van der Waals surface area contributed by atoms with Crippen molar-refractivity contribution in [2.24, 2.45) is 7.05 Å². The van der Waals surface area contributed by atoms with Crippen molar-refractivity contribution in [1.29, 1.82) is 0 Å². The van der Waals surface area contributed by atoms with E-state index in [9.17, 15) is 18.0 Å². The van der Waals surface area contributed by atoms with Crippen molar-refractivity contribution in [3.05, 3.63) is 52.1 Å². The van der Waals surface area contributed by atoms with Gasteiger partial charge in [0.05, 0.1) is 0 Å². The Hall–Kier alpha value is -2.31. The van der Waals surface area contributed by atoms with E-state index in [1.54, 1.807) is 0 Å². The summed E-state index contributed by atoms with van der Waals surface area (Å²) in [5, 5.41) is 3.49. The van der Waals surface area contributed by atoms with Gasteiger partial charge in [-0.05, 0) is 43.2 Å². The molecular weight excluding hydrogens is 355 g/mol. The fourth-order valence-electron chi connectivity index (χ4n) is 3.42. The zero-order chi connectivity index (χ0) is 19.7. The molecule has 0 unspecified atom stereocenters. The topological polar surface area (TPSA) is 38.1 Å². The number of hydrogen-bond acceptors (Lipinski definition) is 2. The highest BCUT2D eigenvalue weighted by Gasteiger charge is 2.32. The molecule has 0 radical (unpaired) electrons. The van der Waals surface area contributed by atoms with Crippen LogP contribution >= 0.6 is 0 Å². The van der Waals surface area contributed by atoms with Crippen molar-refractivity contribution in [1.82, 2.24) is 14.7 Å². The van der Waals surface area contributed by atoms with Crippen molar-refractivity contribution in [2.75, 3.05) is 6.54 Å². The highest BCUT2D eigenvalue weighted by molar-refractivity contribution is 5.95. The molecule has 27 heavy (non-hydrogen) atoms. The first-order chi connectivity index (χ1) is 12.8. The first-order valence-electron chi connectivity index (χ1n) is 9.22. The Kier molecular flexibility index (Phi) is 5.58. The number of benzene rings is 1. The number of amides is 1. The third kappa shape index (κ3) is 4.01. The first-order valence-corrected chi connectivity index (χ1v) is 9.22. The molecule has 0 atom stereocenters. The standard InChI is InChI=1S/C20H24F3N3O/c1-4-9-26(11-14-10-12(2)5-8-15(14)13-6-7-13)20(27)16-17(18(21)22)24-25(3)19(16)23/h5,8,10,13,18H,4,6-7,9,11H2,1-3H3. The molecule has 3 rings (SSSR count). The molecule has 1 heterocycles. The van der Waals surface area contributed by atoms with Crippen molar-refractivity contribution in [3.8, 4) is 0 Å². The van der Waals surface area contributed by atoms with Gasteiger partial charge in [-0.2, -0.15) is 9.49 Å². The van der Waals surface area contributed by atoms with Crippen LogP contribution in [0.15, 0.2) is 18.2 Å². The van der Waals surface area contributed by atoms with Gasteiger partial charge >= 0.3 is 0 Å². The lowest BCUT2D eigenvalue weighted by atomic mass is 10.00. The molecule has 1 fully saturated rings. The highest BCUT2D eigenvalue weighted by Crippen LogP contribution is 2.42. The van der Waals surface area contributed by atoms with Crippen LogP contribution in [0.2, 0.25) is 0 Å². The maximum absolute atomic E-state index is 14.4. The summed E-state index contributed by atoms with van der Waals surface area (Å²) in [6.45, 7) is 4.50. The molecule has 1 aliphatic rings. The second-order valence-corrected chi connectivity index (χ2v) is 7.18.